The zero-order valence-electron chi connectivity index (χ0n) is 10.7. The molecule has 0 unspecified atom stereocenters. The van der Waals surface area contributed by atoms with Gasteiger partial charge in [-0.15, -0.1) is 0 Å². The maximum atomic E-state index is 9.68. The van der Waals surface area contributed by atoms with Gasteiger partial charge in [0.25, 0.3) is 0 Å². The maximum absolute atomic E-state index is 9.68. The third kappa shape index (κ3) is 4.36. The second-order valence-electron chi connectivity index (χ2n) is 4.17. The Bertz CT molecular complexity index is 646. The molecule has 0 aliphatic heterocycles. The number of aliphatic hydroxyl groups is 1. The molecular formula is C18H14O. The van der Waals surface area contributed by atoms with Crippen molar-refractivity contribution >= 4 is 0 Å². The van der Waals surface area contributed by atoms with Crippen LogP contribution in [-0.4, -0.2) is 11.2 Å². The molecule has 0 heterocycles. The molecule has 1 atom stereocenters. The van der Waals surface area contributed by atoms with E-state index in [4.69, 9.17) is 0 Å². The molecule has 1 heteroatoms. The number of rotatable bonds is 0. The van der Waals surface area contributed by atoms with Crippen LogP contribution in [-0.2, 0) is 0 Å². The molecule has 1 nitrogen and oxygen atoms in total. The van der Waals surface area contributed by atoms with Gasteiger partial charge in [0.15, 0.2) is 6.10 Å². The molecule has 1 N–H and O–H groups in total. The first kappa shape index (κ1) is 13.0. The van der Waals surface area contributed by atoms with Gasteiger partial charge in [0, 0.05) is 11.1 Å². The zero-order chi connectivity index (χ0) is 13.5. The van der Waals surface area contributed by atoms with Crippen LogP contribution in [0.15, 0.2) is 54.6 Å². The first-order valence-electron chi connectivity index (χ1n) is 6.07. The van der Waals surface area contributed by atoms with E-state index in [1.165, 1.54) is 5.56 Å². The highest BCUT2D eigenvalue weighted by atomic mass is 16.3. The molecule has 0 saturated carbocycles. The van der Waals surface area contributed by atoms with Crippen LogP contribution in [0.3, 0.4) is 0 Å². The van der Waals surface area contributed by atoms with Crippen molar-refractivity contribution in [2.75, 3.05) is 0 Å². The normalized spacial score (nSPS) is 10.6. The maximum Gasteiger partial charge on any atom is 0.177 e. The molecule has 2 rings (SSSR count). The third-order valence-electron chi connectivity index (χ3n) is 2.53. The molecule has 0 amide bonds. The number of hydrogen-bond acceptors (Lipinski definition) is 1. The molecule has 19 heavy (non-hydrogen) atoms. The summed E-state index contributed by atoms with van der Waals surface area (Å²) in [6, 6.07) is 17.4. The van der Waals surface area contributed by atoms with E-state index in [1.54, 1.807) is 0 Å². The van der Waals surface area contributed by atoms with Gasteiger partial charge in [-0.05, 0) is 31.2 Å². The molecule has 0 fully saturated rings. The fraction of sp³-hybridized carbons (Fsp3) is 0.111. The Balaban J connectivity index is 2.05. The summed E-state index contributed by atoms with van der Waals surface area (Å²) in [6.07, 6.45) is -0.929. The first-order valence-corrected chi connectivity index (χ1v) is 6.07. The highest BCUT2D eigenvalue weighted by Crippen LogP contribution is 2.01. The van der Waals surface area contributed by atoms with Crippen LogP contribution in [0.5, 0.6) is 0 Å². The van der Waals surface area contributed by atoms with Crippen molar-refractivity contribution < 1.29 is 5.11 Å². The van der Waals surface area contributed by atoms with E-state index in [9.17, 15) is 5.11 Å². The molecule has 92 valence electrons. The topological polar surface area (TPSA) is 20.2 Å². The lowest BCUT2D eigenvalue weighted by Gasteiger charge is -1.93. The third-order valence-corrected chi connectivity index (χ3v) is 2.53. The quantitative estimate of drug-likeness (QED) is 0.709. The van der Waals surface area contributed by atoms with Gasteiger partial charge in [0.2, 0.25) is 0 Å². The first-order chi connectivity index (χ1) is 9.24. The van der Waals surface area contributed by atoms with Crippen LogP contribution in [0.1, 0.15) is 16.7 Å². The number of aryl methyl sites for hydroxylation is 1. The second kappa shape index (κ2) is 6.45. The number of benzene rings is 2. The summed E-state index contributed by atoms with van der Waals surface area (Å²) in [6.45, 7) is 2.03. The standard InChI is InChI=1S/C18H14O/c1-15-7-9-17(10-8-15)12-14-18(19)13-11-16-5-3-2-4-6-16/h2-10,18-19H,1H3/t18-/m0/s1. The van der Waals surface area contributed by atoms with E-state index in [0.717, 1.165) is 11.1 Å². The van der Waals surface area contributed by atoms with E-state index in [1.807, 2.05) is 61.5 Å². The largest absolute Gasteiger partial charge is 0.369 e. The highest BCUT2D eigenvalue weighted by molar-refractivity contribution is 5.40. The van der Waals surface area contributed by atoms with Gasteiger partial charge < -0.3 is 5.11 Å². The highest BCUT2D eigenvalue weighted by Gasteiger charge is 1.91. The average Bonchev–Trinajstić information content (AvgIpc) is 2.45. The van der Waals surface area contributed by atoms with Crippen molar-refractivity contribution in [3.63, 3.8) is 0 Å². The van der Waals surface area contributed by atoms with Gasteiger partial charge in [0.05, 0.1) is 0 Å². The lowest BCUT2D eigenvalue weighted by Crippen LogP contribution is -1.97. The van der Waals surface area contributed by atoms with E-state index in [-0.39, 0.29) is 0 Å². The molecular weight excluding hydrogens is 232 g/mol. The summed E-state index contributed by atoms with van der Waals surface area (Å²) in [4.78, 5) is 0. The fourth-order valence-corrected chi connectivity index (χ4v) is 1.50. The van der Waals surface area contributed by atoms with Gasteiger partial charge >= 0.3 is 0 Å². The van der Waals surface area contributed by atoms with Crippen LogP contribution in [0.2, 0.25) is 0 Å². The van der Waals surface area contributed by atoms with Crippen molar-refractivity contribution in [3.05, 3.63) is 71.3 Å². The van der Waals surface area contributed by atoms with Crippen molar-refractivity contribution in [1.29, 1.82) is 0 Å². The summed E-state index contributed by atoms with van der Waals surface area (Å²) in [5.41, 5.74) is 2.94. The molecule has 0 radical (unpaired) electrons. The summed E-state index contributed by atoms with van der Waals surface area (Å²) >= 11 is 0. The number of aliphatic hydroxyl groups excluding tert-OH is 1. The van der Waals surface area contributed by atoms with E-state index < -0.39 is 6.10 Å². The fourth-order valence-electron chi connectivity index (χ4n) is 1.50. The van der Waals surface area contributed by atoms with Gasteiger partial charge in [-0.25, -0.2) is 0 Å². The van der Waals surface area contributed by atoms with Gasteiger partial charge in [-0.3, -0.25) is 0 Å². The van der Waals surface area contributed by atoms with Crippen molar-refractivity contribution in [1.82, 2.24) is 0 Å². The number of hydrogen-bond donors (Lipinski definition) is 1. The molecule has 2 aromatic carbocycles. The Morgan fingerprint density at radius 3 is 1.89 bits per heavy atom. The summed E-state index contributed by atoms with van der Waals surface area (Å²) < 4.78 is 0. The predicted octanol–water partition coefficient (Wildman–Crippen LogP) is 2.76. The SMILES string of the molecule is Cc1ccc(C#C[C@@H](O)C#Cc2ccccc2)cc1. The molecule has 0 bridgehead atoms. The lowest BCUT2D eigenvalue weighted by molar-refractivity contribution is 0.289. The molecule has 0 aliphatic rings. The predicted molar refractivity (Wildman–Crippen MR) is 77.4 cm³/mol. The Morgan fingerprint density at radius 1 is 0.789 bits per heavy atom. The second-order valence-corrected chi connectivity index (χ2v) is 4.17. The van der Waals surface area contributed by atoms with Crippen LogP contribution < -0.4 is 0 Å². The molecule has 0 aliphatic carbocycles. The molecule has 0 spiro atoms. The Hall–Kier alpha value is -2.48. The average molecular weight is 246 g/mol. The summed E-state index contributed by atoms with van der Waals surface area (Å²) in [5, 5.41) is 9.68. The smallest absolute Gasteiger partial charge is 0.177 e. The summed E-state index contributed by atoms with van der Waals surface area (Å²) in [7, 11) is 0. The summed E-state index contributed by atoms with van der Waals surface area (Å²) in [5.74, 6) is 11.2. The van der Waals surface area contributed by atoms with Crippen LogP contribution in [0.4, 0.5) is 0 Å². The van der Waals surface area contributed by atoms with E-state index in [0.29, 0.717) is 0 Å². The molecule has 0 aromatic heterocycles. The Morgan fingerprint density at radius 2 is 1.32 bits per heavy atom. The van der Waals surface area contributed by atoms with Crippen molar-refractivity contribution in [3.8, 4) is 23.7 Å². The van der Waals surface area contributed by atoms with E-state index in [2.05, 4.69) is 23.7 Å². The lowest BCUT2D eigenvalue weighted by atomic mass is 10.1. The Labute approximate surface area is 113 Å². The van der Waals surface area contributed by atoms with Gasteiger partial charge in [-0.1, -0.05) is 59.6 Å². The van der Waals surface area contributed by atoms with Crippen LogP contribution in [0.25, 0.3) is 0 Å². The molecule has 0 saturated heterocycles. The minimum Gasteiger partial charge on any atom is -0.369 e. The van der Waals surface area contributed by atoms with Crippen LogP contribution in [0, 0.1) is 30.6 Å². The monoisotopic (exact) mass is 246 g/mol. The minimum absolute atomic E-state index is 0.874. The van der Waals surface area contributed by atoms with Gasteiger partial charge in [0.1, 0.15) is 0 Å². The van der Waals surface area contributed by atoms with Gasteiger partial charge in [-0.2, -0.15) is 0 Å². The molecule has 2 aromatic rings. The minimum atomic E-state index is -0.929. The van der Waals surface area contributed by atoms with Crippen molar-refractivity contribution in [2.45, 2.75) is 13.0 Å². The van der Waals surface area contributed by atoms with E-state index >= 15 is 0 Å². The van der Waals surface area contributed by atoms with Crippen LogP contribution >= 0.6 is 0 Å². The van der Waals surface area contributed by atoms with Crippen molar-refractivity contribution in [2.24, 2.45) is 0 Å². The Kier molecular flexibility index (Phi) is 4.40. The zero-order valence-corrected chi connectivity index (χ0v) is 10.7.